The molecule has 27 heavy (non-hydrogen) atoms. The fraction of sp³-hybridized carbons (Fsp3) is 0.105. The molecule has 6 nitrogen and oxygen atoms in total. The molecule has 0 aliphatic rings. The number of thioether (sulfide) groups is 1. The van der Waals surface area contributed by atoms with E-state index in [-0.39, 0.29) is 0 Å². The Hall–Kier alpha value is -2.77. The number of hydrogen-bond donors (Lipinski definition) is 0. The molecule has 2 aromatic heterocycles. The lowest BCUT2D eigenvalue weighted by molar-refractivity contribution is 0.397. The SMILES string of the molecule is COc1ccccc1-n1cnnc1SCc1cc(-c2ccc(Cl)cc2)no1. The molecule has 0 N–H and O–H groups in total. The number of benzene rings is 2. The molecular weight excluding hydrogens is 384 g/mol. The predicted octanol–water partition coefficient (Wildman–Crippen LogP) is 4.88. The van der Waals surface area contributed by atoms with Gasteiger partial charge in [-0.1, -0.05) is 52.8 Å². The minimum Gasteiger partial charge on any atom is -0.495 e. The lowest BCUT2D eigenvalue weighted by Crippen LogP contribution is -1.98. The summed E-state index contributed by atoms with van der Waals surface area (Å²) in [6, 6.07) is 17.1. The summed E-state index contributed by atoms with van der Waals surface area (Å²) in [5.74, 6) is 2.08. The smallest absolute Gasteiger partial charge is 0.196 e. The van der Waals surface area contributed by atoms with Crippen LogP contribution in [0.2, 0.25) is 5.02 Å². The van der Waals surface area contributed by atoms with E-state index in [0.29, 0.717) is 10.8 Å². The van der Waals surface area contributed by atoms with Crippen LogP contribution >= 0.6 is 23.4 Å². The molecule has 0 saturated carbocycles. The van der Waals surface area contributed by atoms with Crippen LogP contribution in [0.25, 0.3) is 16.9 Å². The zero-order valence-corrected chi connectivity index (χ0v) is 15.9. The third kappa shape index (κ3) is 3.84. The van der Waals surface area contributed by atoms with E-state index in [1.165, 1.54) is 11.8 Å². The lowest BCUT2D eigenvalue weighted by Gasteiger charge is -2.10. The van der Waals surface area contributed by atoms with Crippen molar-refractivity contribution in [2.45, 2.75) is 10.9 Å². The molecule has 8 heteroatoms. The molecule has 0 aliphatic carbocycles. The molecule has 0 unspecified atom stereocenters. The van der Waals surface area contributed by atoms with Crippen LogP contribution in [-0.2, 0) is 5.75 Å². The molecule has 0 saturated heterocycles. The van der Waals surface area contributed by atoms with Crippen molar-refractivity contribution in [3.8, 4) is 22.7 Å². The van der Waals surface area contributed by atoms with Crippen LogP contribution < -0.4 is 4.74 Å². The highest BCUT2D eigenvalue weighted by Crippen LogP contribution is 2.29. The zero-order valence-electron chi connectivity index (χ0n) is 14.4. The van der Waals surface area contributed by atoms with Gasteiger partial charge in [0, 0.05) is 16.7 Å². The molecule has 0 fully saturated rings. The van der Waals surface area contributed by atoms with E-state index in [0.717, 1.165) is 33.6 Å². The van der Waals surface area contributed by atoms with Crippen molar-refractivity contribution >= 4 is 23.4 Å². The van der Waals surface area contributed by atoms with Crippen molar-refractivity contribution in [2.75, 3.05) is 7.11 Å². The number of halogens is 1. The number of rotatable bonds is 6. The third-order valence-corrected chi connectivity index (χ3v) is 5.12. The Kier molecular flexibility index (Phi) is 5.13. The first-order valence-corrected chi connectivity index (χ1v) is 9.48. The Labute approximate surface area is 165 Å². The maximum Gasteiger partial charge on any atom is 0.196 e. The Bertz CT molecular complexity index is 1050. The maximum absolute atomic E-state index is 5.93. The second kappa shape index (κ2) is 7.85. The van der Waals surface area contributed by atoms with Crippen LogP contribution in [0.15, 0.2) is 70.6 Å². The van der Waals surface area contributed by atoms with Crippen molar-refractivity contribution in [1.29, 1.82) is 0 Å². The van der Waals surface area contributed by atoms with Crippen molar-refractivity contribution in [2.24, 2.45) is 0 Å². The van der Waals surface area contributed by atoms with Crippen molar-refractivity contribution in [3.05, 3.63) is 71.7 Å². The van der Waals surface area contributed by atoms with Crippen molar-refractivity contribution < 1.29 is 9.26 Å². The quantitative estimate of drug-likeness (QED) is 0.431. The summed E-state index contributed by atoms with van der Waals surface area (Å²) < 4.78 is 12.8. The standard InChI is InChI=1S/C19H15ClN4O2S/c1-25-18-5-3-2-4-17(18)24-12-21-22-19(24)27-11-15-10-16(23-26-15)13-6-8-14(20)9-7-13/h2-10,12H,11H2,1H3. The fourth-order valence-electron chi connectivity index (χ4n) is 2.59. The monoisotopic (exact) mass is 398 g/mol. The molecule has 2 heterocycles. The highest BCUT2D eigenvalue weighted by molar-refractivity contribution is 7.98. The van der Waals surface area contributed by atoms with Crippen molar-refractivity contribution in [3.63, 3.8) is 0 Å². The summed E-state index contributed by atoms with van der Waals surface area (Å²) in [4.78, 5) is 0. The van der Waals surface area contributed by atoms with Gasteiger partial charge in [0.05, 0.1) is 18.6 Å². The van der Waals surface area contributed by atoms with Gasteiger partial charge in [-0.2, -0.15) is 0 Å². The molecule has 4 aromatic rings. The Morgan fingerprint density at radius 2 is 1.96 bits per heavy atom. The molecule has 0 bridgehead atoms. The molecule has 4 rings (SSSR count). The Balaban J connectivity index is 1.51. The van der Waals surface area contributed by atoms with Crippen LogP contribution in [0.1, 0.15) is 5.76 Å². The predicted molar refractivity (Wildman–Crippen MR) is 104 cm³/mol. The van der Waals surface area contributed by atoms with Crippen LogP contribution in [-0.4, -0.2) is 27.0 Å². The molecular formula is C19H15ClN4O2S. The van der Waals surface area contributed by atoms with E-state index in [1.54, 1.807) is 13.4 Å². The highest BCUT2D eigenvalue weighted by Gasteiger charge is 2.13. The number of nitrogens with zero attached hydrogens (tertiary/aromatic N) is 4. The van der Waals surface area contributed by atoms with Gasteiger partial charge in [-0.25, -0.2) is 0 Å². The van der Waals surface area contributed by atoms with Crippen molar-refractivity contribution in [1.82, 2.24) is 19.9 Å². The lowest BCUT2D eigenvalue weighted by atomic mass is 10.1. The highest BCUT2D eigenvalue weighted by atomic mass is 35.5. The second-order valence-electron chi connectivity index (χ2n) is 5.63. The summed E-state index contributed by atoms with van der Waals surface area (Å²) in [7, 11) is 1.64. The average molecular weight is 399 g/mol. The van der Waals surface area contributed by atoms with Gasteiger partial charge >= 0.3 is 0 Å². The first-order valence-electron chi connectivity index (χ1n) is 8.12. The molecule has 136 valence electrons. The Morgan fingerprint density at radius 3 is 2.78 bits per heavy atom. The largest absolute Gasteiger partial charge is 0.495 e. The summed E-state index contributed by atoms with van der Waals surface area (Å²) in [6.45, 7) is 0. The van der Waals surface area contributed by atoms with E-state index >= 15 is 0 Å². The van der Waals surface area contributed by atoms with E-state index in [9.17, 15) is 0 Å². The van der Waals surface area contributed by atoms with Crippen LogP contribution in [0.4, 0.5) is 0 Å². The van der Waals surface area contributed by atoms with Gasteiger partial charge in [0.15, 0.2) is 5.16 Å². The number of para-hydroxylation sites is 2. The molecule has 0 atom stereocenters. The van der Waals surface area contributed by atoms with Gasteiger partial charge in [0.25, 0.3) is 0 Å². The number of hydrogen-bond acceptors (Lipinski definition) is 6. The van der Waals surface area contributed by atoms with Gasteiger partial charge in [0.1, 0.15) is 23.5 Å². The van der Waals surface area contributed by atoms with E-state index in [4.69, 9.17) is 20.9 Å². The summed E-state index contributed by atoms with van der Waals surface area (Å²) in [5, 5.41) is 13.8. The van der Waals surface area contributed by atoms with Gasteiger partial charge < -0.3 is 9.26 Å². The minimum atomic E-state index is 0.578. The number of aromatic nitrogens is 4. The van der Waals surface area contributed by atoms with Gasteiger partial charge in [-0.05, 0) is 24.3 Å². The van der Waals surface area contributed by atoms with E-state index in [1.807, 2.05) is 59.2 Å². The zero-order chi connectivity index (χ0) is 18.6. The van der Waals surface area contributed by atoms with Gasteiger partial charge in [-0.3, -0.25) is 4.57 Å². The fourth-order valence-corrected chi connectivity index (χ4v) is 3.51. The number of ether oxygens (including phenoxy) is 1. The first-order chi connectivity index (χ1) is 13.2. The number of methoxy groups -OCH3 is 1. The molecule has 0 amide bonds. The van der Waals surface area contributed by atoms with E-state index in [2.05, 4.69) is 15.4 Å². The van der Waals surface area contributed by atoms with Crippen LogP contribution in [0.3, 0.4) is 0 Å². The molecule has 0 aliphatic heterocycles. The molecule has 0 radical (unpaired) electrons. The first kappa shape index (κ1) is 17.6. The molecule has 2 aromatic carbocycles. The maximum atomic E-state index is 5.93. The molecule has 0 spiro atoms. The van der Waals surface area contributed by atoms with Crippen LogP contribution in [0, 0.1) is 0 Å². The van der Waals surface area contributed by atoms with Gasteiger partial charge in [-0.15, -0.1) is 10.2 Å². The summed E-state index contributed by atoms with van der Waals surface area (Å²) in [6.07, 6.45) is 1.67. The topological polar surface area (TPSA) is 66.0 Å². The average Bonchev–Trinajstić information content (AvgIpc) is 3.36. The third-order valence-electron chi connectivity index (χ3n) is 3.90. The minimum absolute atomic E-state index is 0.578. The van der Waals surface area contributed by atoms with E-state index < -0.39 is 0 Å². The summed E-state index contributed by atoms with van der Waals surface area (Å²) >= 11 is 7.44. The second-order valence-corrected chi connectivity index (χ2v) is 7.01. The van der Waals surface area contributed by atoms with Gasteiger partial charge in [0.2, 0.25) is 0 Å². The normalized spacial score (nSPS) is 10.9. The summed E-state index contributed by atoms with van der Waals surface area (Å²) in [5.41, 5.74) is 2.61. The Morgan fingerprint density at radius 1 is 1.15 bits per heavy atom. The van der Waals surface area contributed by atoms with Crippen LogP contribution in [0.5, 0.6) is 5.75 Å².